The molecule has 1 aliphatic rings. The molecule has 2 aromatic rings. The van der Waals surface area contributed by atoms with Crippen molar-refractivity contribution in [2.75, 3.05) is 31.5 Å². The Morgan fingerprint density at radius 1 is 1.23 bits per heavy atom. The Labute approximate surface area is 157 Å². The number of carbonyl (C=O) groups excluding carboxylic acids is 1. The zero-order valence-electron chi connectivity index (χ0n) is 14.3. The third-order valence-corrected chi connectivity index (χ3v) is 6.22. The summed E-state index contributed by atoms with van der Waals surface area (Å²) < 4.78 is 28.2. The zero-order chi connectivity index (χ0) is 18.7. The normalized spacial score (nSPS) is 16.3. The highest BCUT2D eigenvalue weighted by Gasteiger charge is 2.29. The van der Waals surface area contributed by atoms with Gasteiger partial charge in [0.2, 0.25) is 10.0 Å². The molecular formula is C16H20ClN5O3S. The molecule has 0 saturated carbocycles. The number of halogens is 1. The van der Waals surface area contributed by atoms with Gasteiger partial charge in [-0.15, -0.1) is 0 Å². The van der Waals surface area contributed by atoms with Gasteiger partial charge in [-0.2, -0.15) is 9.40 Å². The van der Waals surface area contributed by atoms with Crippen molar-refractivity contribution in [2.45, 2.75) is 11.3 Å². The number of aromatic nitrogens is 2. The van der Waals surface area contributed by atoms with Gasteiger partial charge in [-0.1, -0.05) is 17.7 Å². The molecule has 0 spiro atoms. The van der Waals surface area contributed by atoms with E-state index < -0.39 is 10.0 Å². The average molecular weight is 398 g/mol. The molecule has 1 aromatic heterocycles. The lowest BCUT2D eigenvalue weighted by molar-refractivity contribution is 0.214. The molecule has 0 atom stereocenters. The van der Waals surface area contributed by atoms with Gasteiger partial charge in [0.15, 0.2) is 0 Å². The standard InChI is InChI=1S/C16H20ClN5O3S/c1-20-12-15(11-18-20)26(24,25)22-7-3-6-21(8-9-22)16(23)19-14-5-2-4-13(17)10-14/h2,4-5,10-12H,3,6-9H2,1H3,(H,19,23). The molecule has 1 saturated heterocycles. The summed E-state index contributed by atoms with van der Waals surface area (Å²) in [6.45, 7) is 1.38. The van der Waals surface area contributed by atoms with Crippen molar-refractivity contribution in [1.82, 2.24) is 19.0 Å². The number of anilines is 1. The molecule has 26 heavy (non-hydrogen) atoms. The van der Waals surface area contributed by atoms with Crippen LogP contribution in [0, 0.1) is 0 Å². The van der Waals surface area contributed by atoms with Gasteiger partial charge in [-0.05, 0) is 24.6 Å². The summed E-state index contributed by atoms with van der Waals surface area (Å²) in [7, 11) is -1.93. The Kier molecular flexibility index (Phi) is 5.49. The van der Waals surface area contributed by atoms with E-state index in [2.05, 4.69) is 10.4 Å². The third-order valence-electron chi connectivity index (χ3n) is 4.14. The number of sulfonamides is 1. The molecule has 0 aliphatic carbocycles. The van der Waals surface area contributed by atoms with Crippen molar-refractivity contribution >= 4 is 33.3 Å². The SMILES string of the molecule is Cn1cc(S(=O)(=O)N2CCCN(C(=O)Nc3cccc(Cl)c3)CC2)cn1. The average Bonchev–Trinajstić information content (AvgIpc) is 2.88. The molecule has 1 N–H and O–H groups in total. The quantitative estimate of drug-likeness (QED) is 0.858. The molecule has 2 amide bonds. The van der Waals surface area contributed by atoms with E-state index in [-0.39, 0.29) is 17.5 Å². The molecule has 0 unspecified atom stereocenters. The van der Waals surface area contributed by atoms with Crippen LogP contribution >= 0.6 is 11.6 Å². The first-order chi connectivity index (χ1) is 12.4. The second kappa shape index (κ2) is 7.65. The van der Waals surface area contributed by atoms with E-state index >= 15 is 0 Å². The Morgan fingerprint density at radius 3 is 2.73 bits per heavy atom. The molecule has 2 heterocycles. The van der Waals surface area contributed by atoms with Gasteiger partial charge < -0.3 is 10.2 Å². The maximum Gasteiger partial charge on any atom is 0.321 e. The van der Waals surface area contributed by atoms with Crippen LogP contribution in [-0.2, 0) is 17.1 Å². The van der Waals surface area contributed by atoms with Crippen LogP contribution in [0.1, 0.15) is 6.42 Å². The fraction of sp³-hybridized carbons (Fsp3) is 0.375. The molecule has 10 heteroatoms. The summed E-state index contributed by atoms with van der Waals surface area (Å²) >= 11 is 5.92. The van der Waals surface area contributed by atoms with Crippen LogP contribution in [0.3, 0.4) is 0 Å². The molecule has 1 aromatic carbocycles. The minimum absolute atomic E-state index is 0.164. The maximum absolute atomic E-state index is 12.7. The second-order valence-corrected chi connectivity index (χ2v) is 8.41. The van der Waals surface area contributed by atoms with Crippen LogP contribution in [-0.4, -0.2) is 59.6 Å². The van der Waals surface area contributed by atoms with Crippen LogP contribution in [0.4, 0.5) is 10.5 Å². The first kappa shape index (κ1) is 18.7. The molecule has 0 radical (unpaired) electrons. The van der Waals surface area contributed by atoms with Crippen molar-refractivity contribution < 1.29 is 13.2 Å². The summed E-state index contributed by atoms with van der Waals surface area (Å²) in [5.74, 6) is 0. The topological polar surface area (TPSA) is 87.5 Å². The third kappa shape index (κ3) is 4.17. The van der Waals surface area contributed by atoms with Crippen molar-refractivity contribution in [3.63, 3.8) is 0 Å². The van der Waals surface area contributed by atoms with Gasteiger partial charge in [0, 0.05) is 50.1 Å². The fourth-order valence-electron chi connectivity index (χ4n) is 2.79. The number of benzene rings is 1. The Balaban J connectivity index is 1.65. The van der Waals surface area contributed by atoms with E-state index in [1.54, 1.807) is 36.2 Å². The molecule has 8 nitrogen and oxygen atoms in total. The van der Waals surface area contributed by atoms with E-state index in [0.29, 0.717) is 36.8 Å². The Bertz CT molecular complexity index is 899. The summed E-state index contributed by atoms with van der Waals surface area (Å²) in [5, 5.41) is 7.25. The highest BCUT2D eigenvalue weighted by atomic mass is 35.5. The van der Waals surface area contributed by atoms with Gasteiger partial charge in [-0.3, -0.25) is 4.68 Å². The van der Waals surface area contributed by atoms with Gasteiger partial charge in [0.25, 0.3) is 0 Å². The molecule has 3 rings (SSSR count). The van der Waals surface area contributed by atoms with E-state index in [1.807, 2.05) is 0 Å². The first-order valence-electron chi connectivity index (χ1n) is 8.16. The van der Waals surface area contributed by atoms with E-state index in [9.17, 15) is 13.2 Å². The van der Waals surface area contributed by atoms with Gasteiger partial charge in [-0.25, -0.2) is 13.2 Å². The number of hydrogen-bond acceptors (Lipinski definition) is 4. The van der Waals surface area contributed by atoms with Crippen LogP contribution in [0.15, 0.2) is 41.6 Å². The molecule has 140 valence electrons. The minimum atomic E-state index is -3.60. The number of amides is 2. The zero-order valence-corrected chi connectivity index (χ0v) is 15.9. The van der Waals surface area contributed by atoms with E-state index in [1.165, 1.54) is 21.4 Å². The number of carbonyl (C=O) groups is 1. The largest absolute Gasteiger partial charge is 0.323 e. The summed E-state index contributed by atoms with van der Waals surface area (Å²) in [6, 6.07) is 6.62. The number of urea groups is 1. The number of rotatable bonds is 3. The molecule has 0 bridgehead atoms. The number of hydrogen-bond donors (Lipinski definition) is 1. The minimum Gasteiger partial charge on any atom is -0.323 e. The number of nitrogens with one attached hydrogen (secondary N) is 1. The molecular weight excluding hydrogens is 378 g/mol. The number of aryl methyl sites for hydroxylation is 1. The summed E-state index contributed by atoms with van der Waals surface area (Å²) in [5.41, 5.74) is 0.603. The summed E-state index contributed by atoms with van der Waals surface area (Å²) in [6.07, 6.45) is 3.37. The van der Waals surface area contributed by atoms with Crippen LogP contribution in [0.5, 0.6) is 0 Å². The van der Waals surface area contributed by atoms with Gasteiger partial charge in [0.1, 0.15) is 4.90 Å². The lowest BCUT2D eigenvalue weighted by Gasteiger charge is -2.22. The highest BCUT2D eigenvalue weighted by molar-refractivity contribution is 7.89. The van der Waals surface area contributed by atoms with Crippen LogP contribution in [0.2, 0.25) is 5.02 Å². The molecule has 1 fully saturated rings. The van der Waals surface area contributed by atoms with Crippen LogP contribution < -0.4 is 5.32 Å². The Hall–Kier alpha value is -2.10. The highest BCUT2D eigenvalue weighted by Crippen LogP contribution is 2.18. The Morgan fingerprint density at radius 2 is 2.04 bits per heavy atom. The second-order valence-electron chi connectivity index (χ2n) is 6.03. The fourth-order valence-corrected chi connectivity index (χ4v) is 4.43. The summed E-state index contributed by atoms with van der Waals surface area (Å²) in [4.78, 5) is 14.2. The predicted octanol–water partition coefficient (Wildman–Crippen LogP) is 2.00. The predicted molar refractivity (Wildman–Crippen MR) is 98.6 cm³/mol. The smallest absolute Gasteiger partial charge is 0.321 e. The van der Waals surface area contributed by atoms with Gasteiger partial charge in [0.05, 0.1) is 6.20 Å². The van der Waals surface area contributed by atoms with E-state index in [4.69, 9.17) is 11.6 Å². The van der Waals surface area contributed by atoms with Crippen molar-refractivity contribution in [1.29, 1.82) is 0 Å². The van der Waals surface area contributed by atoms with Crippen LogP contribution in [0.25, 0.3) is 0 Å². The maximum atomic E-state index is 12.7. The van der Waals surface area contributed by atoms with Crippen molar-refractivity contribution in [3.05, 3.63) is 41.7 Å². The van der Waals surface area contributed by atoms with Gasteiger partial charge >= 0.3 is 6.03 Å². The lowest BCUT2D eigenvalue weighted by Crippen LogP contribution is -2.39. The van der Waals surface area contributed by atoms with E-state index in [0.717, 1.165) is 0 Å². The van der Waals surface area contributed by atoms with Crippen molar-refractivity contribution in [3.8, 4) is 0 Å². The number of nitrogens with zero attached hydrogens (tertiary/aromatic N) is 4. The lowest BCUT2D eigenvalue weighted by atomic mass is 10.3. The molecule has 1 aliphatic heterocycles. The first-order valence-corrected chi connectivity index (χ1v) is 9.98. The van der Waals surface area contributed by atoms with Crippen molar-refractivity contribution in [2.24, 2.45) is 7.05 Å². The monoisotopic (exact) mass is 397 g/mol.